The largest absolute Gasteiger partial charge is 0.389 e. The van der Waals surface area contributed by atoms with Gasteiger partial charge in [0.05, 0.1) is 0 Å². The van der Waals surface area contributed by atoms with Gasteiger partial charge in [-0.1, -0.05) is 12.2 Å². The van der Waals surface area contributed by atoms with Gasteiger partial charge in [-0.25, -0.2) is 0 Å². The van der Waals surface area contributed by atoms with Gasteiger partial charge in [0, 0.05) is 23.6 Å². The zero-order chi connectivity index (χ0) is 12.3. The molecule has 17 heavy (non-hydrogen) atoms. The fraction of sp³-hybridized carbons (Fsp3) is 0.364. The van der Waals surface area contributed by atoms with E-state index in [2.05, 4.69) is 10.3 Å². The number of rotatable bonds is 3. The predicted molar refractivity (Wildman–Crippen MR) is 73.3 cm³/mol. The van der Waals surface area contributed by atoms with Gasteiger partial charge in [-0.15, -0.1) is 0 Å². The summed E-state index contributed by atoms with van der Waals surface area (Å²) in [6.45, 7) is 0. The van der Waals surface area contributed by atoms with E-state index in [9.17, 15) is 4.79 Å². The van der Waals surface area contributed by atoms with Crippen molar-refractivity contribution >= 4 is 34.9 Å². The van der Waals surface area contributed by atoms with Crippen molar-refractivity contribution in [2.45, 2.75) is 12.5 Å². The number of nitrogens with zero attached hydrogens (tertiary/aromatic N) is 1. The van der Waals surface area contributed by atoms with Crippen LogP contribution in [-0.4, -0.2) is 33.4 Å². The lowest BCUT2D eigenvalue weighted by Crippen LogP contribution is -2.35. The Morgan fingerprint density at radius 1 is 1.59 bits per heavy atom. The van der Waals surface area contributed by atoms with Crippen LogP contribution in [0.4, 0.5) is 0 Å². The molecule has 1 fully saturated rings. The van der Waals surface area contributed by atoms with Crippen LogP contribution in [-0.2, 0) is 0 Å². The summed E-state index contributed by atoms with van der Waals surface area (Å²) in [6, 6.07) is 3.63. The van der Waals surface area contributed by atoms with E-state index in [1.807, 2.05) is 11.8 Å². The van der Waals surface area contributed by atoms with Crippen molar-refractivity contribution in [3.05, 3.63) is 29.6 Å². The number of thiocarbonyl (C=S) groups is 1. The SMILES string of the molecule is NC(=S)c1ccc(C(=O)NC2CCSC2)nc1. The van der Waals surface area contributed by atoms with Crippen molar-refractivity contribution < 1.29 is 4.79 Å². The lowest BCUT2D eigenvalue weighted by Gasteiger charge is -2.10. The lowest BCUT2D eigenvalue weighted by atomic mass is 10.2. The van der Waals surface area contributed by atoms with Crippen LogP contribution >= 0.6 is 24.0 Å². The van der Waals surface area contributed by atoms with Crippen molar-refractivity contribution in [1.29, 1.82) is 0 Å². The molecule has 0 spiro atoms. The number of carbonyl (C=O) groups is 1. The predicted octanol–water partition coefficient (Wildman–Crippen LogP) is 0.951. The number of hydrogen-bond donors (Lipinski definition) is 2. The van der Waals surface area contributed by atoms with Gasteiger partial charge in [0.25, 0.3) is 5.91 Å². The molecule has 1 saturated heterocycles. The van der Waals surface area contributed by atoms with E-state index in [-0.39, 0.29) is 16.9 Å². The van der Waals surface area contributed by atoms with E-state index in [1.165, 1.54) is 6.20 Å². The van der Waals surface area contributed by atoms with Crippen LogP contribution in [0.3, 0.4) is 0 Å². The molecule has 0 bridgehead atoms. The fourth-order valence-electron chi connectivity index (χ4n) is 1.58. The first-order valence-electron chi connectivity index (χ1n) is 5.31. The average Bonchev–Trinajstić information content (AvgIpc) is 2.82. The molecule has 1 atom stereocenters. The Hall–Kier alpha value is -1.14. The third-order valence-electron chi connectivity index (χ3n) is 2.55. The average molecular weight is 267 g/mol. The van der Waals surface area contributed by atoms with E-state index in [4.69, 9.17) is 18.0 Å². The van der Waals surface area contributed by atoms with E-state index < -0.39 is 0 Å². The molecule has 0 aliphatic carbocycles. The second-order valence-electron chi connectivity index (χ2n) is 3.83. The third-order valence-corrected chi connectivity index (χ3v) is 3.94. The second-order valence-corrected chi connectivity index (χ2v) is 5.42. The molecule has 0 aromatic carbocycles. The molecule has 3 N–H and O–H groups in total. The van der Waals surface area contributed by atoms with Crippen LogP contribution in [0, 0.1) is 0 Å². The molecule has 4 nitrogen and oxygen atoms in total. The number of aromatic nitrogens is 1. The first-order valence-corrected chi connectivity index (χ1v) is 6.87. The zero-order valence-electron chi connectivity index (χ0n) is 9.18. The highest BCUT2D eigenvalue weighted by atomic mass is 32.2. The summed E-state index contributed by atoms with van der Waals surface area (Å²) in [5.74, 6) is 1.96. The quantitative estimate of drug-likeness (QED) is 0.798. The molecule has 90 valence electrons. The number of hydrogen-bond acceptors (Lipinski definition) is 4. The maximum atomic E-state index is 11.8. The molecule has 2 rings (SSSR count). The van der Waals surface area contributed by atoms with Crippen molar-refractivity contribution in [3.63, 3.8) is 0 Å². The summed E-state index contributed by atoms with van der Waals surface area (Å²) in [6.07, 6.45) is 2.56. The summed E-state index contributed by atoms with van der Waals surface area (Å²) in [7, 11) is 0. The number of nitrogens with one attached hydrogen (secondary N) is 1. The van der Waals surface area contributed by atoms with Crippen LogP contribution in [0.5, 0.6) is 0 Å². The Morgan fingerprint density at radius 2 is 2.41 bits per heavy atom. The Morgan fingerprint density at radius 3 is 2.94 bits per heavy atom. The molecule has 0 radical (unpaired) electrons. The molecule has 1 aliphatic heterocycles. The summed E-state index contributed by atoms with van der Waals surface area (Å²) in [4.78, 5) is 16.2. The van der Waals surface area contributed by atoms with Crippen molar-refractivity contribution in [3.8, 4) is 0 Å². The van der Waals surface area contributed by atoms with E-state index in [1.54, 1.807) is 12.1 Å². The smallest absolute Gasteiger partial charge is 0.270 e. The van der Waals surface area contributed by atoms with Gasteiger partial charge in [-0.05, 0) is 24.3 Å². The molecule has 1 aromatic rings. The third kappa shape index (κ3) is 3.17. The molecular weight excluding hydrogens is 254 g/mol. The normalized spacial score (nSPS) is 18.9. The van der Waals surface area contributed by atoms with E-state index in [0.29, 0.717) is 11.3 Å². The summed E-state index contributed by atoms with van der Waals surface area (Å²) in [5, 5.41) is 2.96. The van der Waals surface area contributed by atoms with E-state index >= 15 is 0 Å². The van der Waals surface area contributed by atoms with Crippen molar-refractivity contribution in [2.75, 3.05) is 11.5 Å². The molecule has 6 heteroatoms. The summed E-state index contributed by atoms with van der Waals surface area (Å²) in [5.41, 5.74) is 6.54. The van der Waals surface area contributed by atoms with Gasteiger partial charge in [0.15, 0.2) is 0 Å². The molecule has 1 unspecified atom stereocenters. The minimum absolute atomic E-state index is 0.132. The van der Waals surface area contributed by atoms with Crippen molar-refractivity contribution in [1.82, 2.24) is 10.3 Å². The van der Waals surface area contributed by atoms with Gasteiger partial charge in [0.1, 0.15) is 10.7 Å². The van der Waals surface area contributed by atoms with Gasteiger partial charge < -0.3 is 11.1 Å². The van der Waals surface area contributed by atoms with Crippen LogP contribution in [0.1, 0.15) is 22.5 Å². The molecule has 2 heterocycles. The minimum Gasteiger partial charge on any atom is -0.389 e. The van der Waals surface area contributed by atoms with Gasteiger partial charge >= 0.3 is 0 Å². The van der Waals surface area contributed by atoms with Crippen LogP contribution < -0.4 is 11.1 Å². The summed E-state index contributed by atoms with van der Waals surface area (Å²) < 4.78 is 0. The Balaban J connectivity index is 2.01. The standard InChI is InChI=1S/C11H13N3OS2/c12-10(16)7-1-2-9(13-5-7)11(15)14-8-3-4-17-6-8/h1-2,5,8H,3-4,6H2,(H2,12,16)(H,14,15). The van der Waals surface area contributed by atoms with Crippen molar-refractivity contribution in [2.24, 2.45) is 5.73 Å². The number of carbonyl (C=O) groups excluding carboxylic acids is 1. The van der Waals surface area contributed by atoms with Gasteiger partial charge in [-0.2, -0.15) is 11.8 Å². The van der Waals surface area contributed by atoms with Crippen LogP contribution in [0.2, 0.25) is 0 Å². The second kappa shape index (κ2) is 5.46. The number of pyridine rings is 1. The topological polar surface area (TPSA) is 68.0 Å². The fourth-order valence-corrected chi connectivity index (χ4v) is 2.85. The molecule has 1 aliphatic rings. The highest BCUT2D eigenvalue weighted by Gasteiger charge is 2.18. The van der Waals surface area contributed by atoms with Gasteiger partial charge in [0.2, 0.25) is 0 Å². The van der Waals surface area contributed by atoms with Gasteiger partial charge in [-0.3, -0.25) is 9.78 Å². The number of amides is 1. The highest BCUT2D eigenvalue weighted by molar-refractivity contribution is 7.99. The Kier molecular flexibility index (Phi) is 3.96. The maximum Gasteiger partial charge on any atom is 0.270 e. The number of nitrogens with two attached hydrogens (primary N) is 1. The highest BCUT2D eigenvalue weighted by Crippen LogP contribution is 2.17. The first kappa shape index (κ1) is 12.3. The first-order chi connectivity index (χ1) is 8.16. The lowest BCUT2D eigenvalue weighted by molar-refractivity contribution is 0.0936. The minimum atomic E-state index is -0.132. The van der Waals surface area contributed by atoms with E-state index in [0.717, 1.165) is 17.9 Å². The Labute approximate surface area is 109 Å². The molecule has 1 aromatic heterocycles. The monoisotopic (exact) mass is 267 g/mol. The Bertz CT molecular complexity index is 427. The molecule has 1 amide bonds. The number of thioether (sulfide) groups is 1. The molecule has 0 saturated carbocycles. The molecular formula is C11H13N3OS2. The maximum absolute atomic E-state index is 11.8. The zero-order valence-corrected chi connectivity index (χ0v) is 10.8. The van der Waals surface area contributed by atoms with Crippen LogP contribution in [0.15, 0.2) is 18.3 Å². The summed E-state index contributed by atoms with van der Waals surface area (Å²) >= 11 is 6.68. The van der Waals surface area contributed by atoms with Crippen LogP contribution in [0.25, 0.3) is 0 Å².